The van der Waals surface area contributed by atoms with E-state index in [4.69, 9.17) is 5.73 Å². The van der Waals surface area contributed by atoms with Crippen molar-refractivity contribution in [1.82, 2.24) is 0 Å². The van der Waals surface area contributed by atoms with E-state index in [1.807, 2.05) is 16.8 Å². The van der Waals surface area contributed by atoms with Crippen LogP contribution >= 0.6 is 11.3 Å². The molecule has 1 aromatic heterocycles. The van der Waals surface area contributed by atoms with Crippen LogP contribution in [0.3, 0.4) is 0 Å². The van der Waals surface area contributed by atoms with E-state index in [0.717, 1.165) is 11.1 Å². The molecular weight excluding hydrogens is 185 g/mol. The van der Waals surface area contributed by atoms with E-state index in [1.54, 1.807) is 17.4 Å². The predicted octanol–water partition coefficient (Wildman–Crippen LogP) is 3.14. The lowest BCUT2D eigenvalue weighted by molar-refractivity contribution is 0.628. The number of hydrogen-bond donors (Lipinski definition) is 1. The highest BCUT2D eigenvalue weighted by Gasteiger charge is 2.03. The third-order valence-corrected chi connectivity index (χ3v) is 2.53. The zero-order valence-corrected chi connectivity index (χ0v) is 7.64. The molecule has 0 saturated carbocycles. The maximum Gasteiger partial charge on any atom is 0.125 e. The predicted molar refractivity (Wildman–Crippen MR) is 54.1 cm³/mol. The highest BCUT2D eigenvalue weighted by Crippen LogP contribution is 2.27. The first-order valence-electron chi connectivity index (χ1n) is 3.85. The number of halogens is 1. The average Bonchev–Trinajstić information content (AvgIpc) is 2.56. The third-order valence-electron chi connectivity index (χ3n) is 1.85. The van der Waals surface area contributed by atoms with Crippen LogP contribution in [0.25, 0.3) is 11.1 Å². The summed E-state index contributed by atoms with van der Waals surface area (Å²) in [6.07, 6.45) is 0. The molecule has 0 aliphatic heterocycles. The Balaban J connectivity index is 2.53. The normalized spacial score (nSPS) is 10.2. The lowest BCUT2D eigenvalue weighted by Crippen LogP contribution is -1.89. The van der Waals surface area contributed by atoms with Crippen LogP contribution in [0.15, 0.2) is 35.0 Å². The molecule has 0 amide bonds. The Morgan fingerprint density at radius 1 is 1.23 bits per heavy atom. The monoisotopic (exact) mass is 193 g/mol. The zero-order valence-electron chi connectivity index (χ0n) is 6.83. The van der Waals surface area contributed by atoms with Gasteiger partial charge in [0.05, 0.1) is 0 Å². The number of nitrogen functional groups attached to an aromatic ring is 1. The van der Waals surface area contributed by atoms with Gasteiger partial charge in [-0.05, 0) is 40.6 Å². The molecule has 2 rings (SSSR count). The minimum atomic E-state index is -0.295. The molecule has 0 radical (unpaired) electrons. The number of hydrogen-bond acceptors (Lipinski definition) is 2. The molecule has 0 bridgehead atoms. The second-order valence-corrected chi connectivity index (χ2v) is 3.52. The molecule has 0 spiro atoms. The summed E-state index contributed by atoms with van der Waals surface area (Å²) in [6.45, 7) is 0. The first kappa shape index (κ1) is 8.26. The van der Waals surface area contributed by atoms with Gasteiger partial charge in [-0.15, -0.1) is 0 Å². The molecule has 0 aliphatic rings. The number of anilines is 1. The van der Waals surface area contributed by atoms with Crippen molar-refractivity contribution in [3.63, 3.8) is 0 Å². The fraction of sp³-hybridized carbons (Fsp3) is 0. The van der Waals surface area contributed by atoms with E-state index in [9.17, 15) is 4.39 Å². The Kier molecular flexibility index (Phi) is 2.02. The molecule has 66 valence electrons. The first-order valence-corrected chi connectivity index (χ1v) is 4.79. The van der Waals surface area contributed by atoms with Crippen LogP contribution in [-0.4, -0.2) is 0 Å². The minimum Gasteiger partial charge on any atom is -0.398 e. The molecule has 1 aromatic carbocycles. The summed E-state index contributed by atoms with van der Waals surface area (Å²) in [5.41, 5.74) is 8.10. The van der Waals surface area contributed by atoms with E-state index in [0.29, 0.717) is 5.69 Å². The highest BCUT2D eigenvalue weighted by molar-refractivity contribution is 7.08. The van der Waals surface area contributed by atoms with Crippen LogP contribution < -0.4 is 5.73 Å². The highest BCUT2D eigenvalue weighted by atomic mass is 32.1. The molecule has 0 saturated heterocycles. The van der Waals surface area contributed by atoms with Crippen LogP contribution in [0.2, 0.25) is 0 Å². The second-order valence-electron chi connectivity index (χ2n) is 2.74. The van der Waals surface area contributed by atoms with Crippen LogP contribution in [0, 0.1) is 5.82 Å². The molecule has 1 nitrogen and oxygen atoms in total. The fourth-order valence-corrected chi connectivity index (χ4v) is 1.87. The van der Waals surface area contributed by atoms with Crippen LogP contribution in [-0.2, 0) is 0 Å². The van der Waals surface area contributed by atoms with Crippen molar-refractivity contribution in [1.29, 1.82) is 0 Å². The van der Waals surface area contributed by atoms with E-state index in [2.05, 4.69) is 0 Å². The molecule has 0 aliphatic carbocycles. The Bertz CT molecular complexity index is 409. The Morgan fingerprint density at radius 3 is 2.69 bits per heavy atom. The fourth-order valence-electron chi connectivity index (χ4n) is 1.21. The van der Waals surface area contributed by atoms with Crippen molar-refractivity contribution in [2.45, 2.75) is 0 Å². The van der Waals surface area contributed by atoms with Crippen LogP contribution in [0.5, 0.6) is 0 Å². The van der Waals surface area contributed by atoms with Crippen molar-refractivity contribution >= 4 is 17.0 Å². The van der Waals surface area contributed by atoms with Gasteiger partial charge < -0.3 is 5.73 Å². The van der Waals surface area contributed by atoms with Crippen molar-refractivity contribution in [2.24, 2.45) is 0 Å². The second kappa shape index (κ2) is 3.18. The molecule has 0 fully saturated rings. The average molecular weight is 193 g/mol. The smallest absolute Gasteiger partial charge is 0.125 e. The number of rotatable bonds is 1. The molecule has 13 heavy (non-hydrogen) atoms. The van der Waals surface area contributed by atoms with Crippen molar-refractivity contribution in [2.75, 3.05) is 5.73 Å². The molecule has 2 N–H and O–H groups in total. The summed E-state index contributed by atoms with van der Waals surface area (Å²) >= 11 is 1.60. The van der Waals surface area contributed by atoms with Crippen LogP contribution in [0.4, 0.5) is 10.1 Å². The van der Waals surface area contributed by atoms with Gasteiger partial charge >= 0.3 is 0 Å². The van der Waals surface area contributed by atoms with Gasteiger partial charge in [-0.3, -0.25) is 0 Å². The Morgan fingerprint density at radius 2 is 2.08 bits per heavy atom. The van der Waals surface area contributed by atoms with Gasteiger partial charge in [0.1, 0.15) is 5.82 Å². The quantitative estimate of drug-likeness (QED) is 0.692. The lowest BCUT2D eigenvalue weighted by atomic mass is 10.1. The zero-order chi connectivity index (χ0) is 9.26. The van der Waals surface area contributed by atoms with Crippen LogP contribution in [0.1, 0.15) is 0 Å². The SMILES string of the molecule is Nc1cc(F)ccc1-c1ccsc1. The van der Waals surface area contributed by atoms with Gasteiger partial charge in [-0.2, -0.15) is 11.3 Å². The largest absolute Gasteiger partial charge is 0.398 e. The molecular formula is C10H8FNS. The van der Waals surface area contributed by atoms with Crippen molar-refractivity contribution < 1.29 is 4.39 Å². The first-order chi connectivity index (χ1) is 6.27. The molecule has 0 atom stereocenters. The van der Waals surface area contributed by atoms with E-state index >= 15 is 0 Å². The van der Waals surface area contributed by atoms with Crippen molar-refractivity contribution in [3.8, 4) is 11.1 Å². The van der Waals surface area contributed by atoms with E-state index < -0.39 is 0 Å². The number of thiophene rings is 1. The van der Waals surface area contributed by atoms with Gasteiger partial charge in [-0.25, -0.2) is 4.39 Å². The van der Waals surface area contributed by atoms with Gasteiger partial charge in [0.25, 0.3) is 0 Å². The Labute approximate surface area is 79.6 Å². The van der Waals surface area contributed by atoms with E-state index in [-0.39, 0.29) is 5.82 Å². The summed E-state index contributed by atoms with van der Waals surface area (Å²) in [6, 6.07) is 6.43. The molecule has 1 heterocycles. The van der Waals surface area contributed by atoms with E-state index in [1.165, 1.54) is 12.1 Å². The number of nitrogens with two attached hydrogens (primary N) is 1. The summed E-state index contributed by atoms with van der Waals surface area (Å²) in [7, 11) is 0. The topological polar surface area (TPSA) is 26.0 Å². The van der Waals surface area contributed by atoms with Crippen molar-refractivity contribution in [3.05, 3.63) is 40.8 Å². The third kappa shape index (κ3) is 1.55. The summed E-state index contributed by atoms with van der Waals surface area (Å²) in [5.74, 6) is -0.295. The molecule has 0 unspecified atom stereocenters. The maximum atomic E-state index is 12.7. The Hall–Kier alpha value is -1.35. The molecule has 3 heteroatoms. The minimum absolute atomic E-state index is 0.295. The standard InChI is InChI=1S/C10H8FNS/c11-8-1-2-9(10(12)5-8)7-3-4-13-6-7/h1-6H,12H2. The van der Waals surface area contributed by atoms with Gasteiger partial charge in [0.15, 0.2) is 0 Å². The van der Waals surface area contributed by atoms with Gasteiger partial charge in [0, 0.05) is 11.3 Å². The summed E-state index contributed by atoms with van der Waals surface area (Å²) in [5, 5.41) is 3.96. The maximum absolute atomic E-state index is 12.7. The van der Waals surface area contributed by atoms with Gasteiger partial charge in [-0.1, -0.05) is 0 Å². The number of benzene rings is 1. The van der Waals surface area contributed by atoms with Gasteiger partial charge in [0.2, 0.25) is 0 Å². The molecule has 2 aromatic rings. The summed E-state index contributed by atoms with van der Waals surface area (Å²) < 4.78 is 12.7. The summed E-state index contributed by atoms with van der Waals surface area (Å²) in [4.78, 5) is 0. The lowest BCUT2D eigenvalue weighted by Gasteiger charge is -2.02.